The average Bonchev–Trinajstić information content (AvgIpc) is 2.84. The lowest BCUT2D eigenvalue weighted by atomic mass is 9.95. The van der Waals surface area contributed by atoms with Crippen molar-refractivity contribution in [2.45, 2.75) is 42.5 Å². The third kappa shape index (κ3) is 3.46. The van der Waals surface area contributed by atoms with Gasteiger partial charge in [0, 0.05) is 5.54 Å². The van der Waals surface area contributed by atoms with Crippen LogP contribution in [0.15, 0.2) is 11.0 Å². The number of nitrogens with one attached hydrogen (secondary N) is 1. The minimum atomic E-state index is -3.88. The number of carboxylic acids is 1. The monoisotopic (exact) mass is 357 g/mol. The molecule has 20 heavy (non-hydrogen) atoms. The van der Waals surface area contributed by atoms with Crippen molar-refractivity contribution < 1.29 is 18.3 Å². The van der Waals surface area contributed by atoms with Gasteiger partial charge in [0.1, 0.15) is 9.23 Å². The number of thiophene rings is 1. The van der Waals surface area contributed by atoms with E-state index in [4.69, 9.17) is 28.3 Å². The zero-order chi connectivity index (χ0) is 15.0. The van der Waals surface area contributed by atoms with E-state index in [-0.39, 0.29) is 20.0 Å². The van der Waals surface area contributed by atoms with Crippen molar-refractivity contribution in [2.24, 2.45) is 0 Å². The van der Waals surface area contributed by atoms with Gasteiger partial charge >= 0.3 is 5.97 Å². The molecule has 2 N–H and O–H groups in total. The number of carboxylic acid groups (broad SMARTS) is 1. The highest BCUT2D eigenvalue weighted by atomic mass is 35.5. The molecule has 0 atom stereocenters. The molecule has 1 aliphatic rings. The summed E-state index contributed by atoms with van der Waals surface area (Å²) in [6.45, 7) is 0. The topological polar surface area (TPSA) is 83.5 Å². The first-order valence-electron chi connectivity index (χ1n) is 5.95. The van der Waals surface area contributed by atoms with E-state index in [1.807, 2.05) is 0 Å². The SMILES string of the molecule is O=C(O)CC1(NS(=O)(=O)c2cc(Cl)sc2Cl)CCCC1. The van der Waals surface area contributed by atoms with E-state index in [0.29, 0.717) is 12.8 Å². The van der Waals surface area contributed by atoms with E-state index in [1.165, 1.54) is 6.07 Å². The molecule has 1 aromatic heterocycles. The summed E-state index contributed by atoms with van der Waals surface area (Å²) in [4.78, 5) is 10.9. The summed E-state index contributed by atoms with van der Waals surface area (Å²) < 4.78 is 27.6. The molecule has 1 aliphatic carbocycles. The fourth-order valence-electron chi connectivity index (χ4n) is 2.50. The Bertz CT molecular complexity index is 620. The van der Waals surface area contributed by atoms with Crippen LogP contribution in [0.2, 0.25) is 8.67 Å². The van der Waals surface area contributed by atoms with E-state index >= 15 is 0 Å². The minimum absolute atomic E-state index is 0.0750. The number of halogens is 2. The van der Waals surface area contributed by atoms with Gasteiger partial charge in [0.15, 0.2) is 0 Å². The number of hydrogen-bond donors (Lipinski definition) is 2. The molecule has 1 aromatic rings. The maximum absolute atomic E-state index is 12.4. The van der Waals surface area contributed by atoms with Crippen molar-refractivity contribution in [3.05, 3.63) is 14.7 Å². The van der Waals surface area contributed by atoms with Gasteiger partial charge < -0.3 is 5.11 Å². The number of carbonyl (C=O) groups is 1. The molecule has 2 rings (SSSR count). The van der Waals surface area contributed by atoms with Crippen LogP contribution >= 0.6 is 34.5 Å². The Morgan fingerprint density at radius 3 is 2.45 bits per heavy atom. The smallest absolute Gasteiger partial charge is 0.305 e. The first-order chi connectivity index (χ1) is 9.24. The van der Waals surface area contributed by atoms with Crippen LogP contribution in [0.4, 0.5) is 0 Å². The van der Waals surface area contributed by atoms with E-state index in [1.54, 1.807) is 0 Å². The van der Waals surface area contributed by atoms with Crippen molar-refractivity contribution in [3.8, 4) is 0 Å². The lowest BCUT2D eigenvalue weighted by molar-refractivity contribution is -0.138. The van der Waals surface area contributed by atoms with Crippen LogP contribution in [0.1, 0.15) is 32.1 Å². The molecule has 1 saturated carbocycles. The van der Waals surface area contributed by atoms with Crippen LogP contribution in [0.3, 0.4) is 0 Å². The second kappa shape index (κ2) is 5.81. The van der Waals surface area contributed by atoms with Crippen LogP contribution in [-0.2, 0) is 14.8 Å². The molecule has 0 aromatic carbocycles. The second-order valence-corrected chi connectivity index (χ2v) is 8.79. The van der Waals surface area contributed by atoms with E-state index in [2.05, 4.69) is 4.72 Å². The highest BCUT2D eigenvalue weighted by molar-refractivity contribution is 7.89. The number of aliphatic carboxylic acids is 1. The van der Waals surface area contributed by atoms with Gasteiger partial charge in [0.25, 0.3) is 0 Å². The standard InChI is InChI=1S/C11H13Cl2NO4S2/c12-8-5-7(10(13)19-8)20(17,18)14-11(6-9(15)16)3-1-2-4-11/h5,14H,1-4,6H2,(H,15,16). The normalized spacial score (nSPS) is 18.3. The zero-order valence-electron chi connectivity index (χ0n) is 10.4. The Balaban J connectivity index is 2.30. The number of hydrogen-bond acceptors (Lipinski definition) is 4. The fourth-order valence-corrected chi connectivity index (χ4v) is 6.11. The van der Waals surface area contributed by atoms with Crippen LogP contribution < -0.4 is 4.72 Å². The Hall–Kier alpha value is -0.340. The first-order valence-corrected chi connectivity index (χ1v) is 9.00. The highest BCUT2D eigenvalue weighted by Crippen LogP contribution is 2.38. The maximum atomic E-state index is 12.4. The molecule has 0 unspecified atom stereocenters. The highest BCUT2D eigenvalue weighted by Gasteiger charge is 2.40. The summed E-state index contributed by atoms with van der Waals surface area (Å²) in [6, 6.07) is 1.28. The fraction of sp³-hybridized carbons (Fsp3) is 0.545. The molecule has 0 aliphatic heterocycles. The van der Waals surface area contributed by atoms with Crippen LogP contribution in [0.5, 0.6) is 0 Å². The van der Waals surface area contributed by atoms with Gasteiger partial charge in [0.2, 0.25) is 10.0 Å². The van der Waals surface area contributed by atoms with Gasteiger partial charge in [-0.05, 0) is 18.9 Å². The maximum Gasteiger partial charge on any atom is 0.305 e. The predicted molar refractivity (Wildman–Crippen MR) is 78.1 cm³/mol. The molecule has 112 valence electrons. The summed E-state index contributed by atoms with van der Waals surface area (Å²) in [5.74, 6) is -1.02. The summed E-state index contributed by atoms with van der Waals surface area (Å²) in [5, 5.41) is 8.99. The van der Waals surface area contributed by atoms with Gasteiger partial charge in [0.05, 0.1) is 10.8 Å². The van der Waals surface area contributed by atoms with E-state index < -0.39 is 21.5 Å². The van der Waals surface area contributed by atoms with Crippen molar-refractivity contribution in [3.63, 3.8) is 0 Å². The third-order valence-corrected chi connectivity index (χ3v) is 6.65. The molecule has 0 spiro atoms. The van der Waals surface area contributed by atoms with Gasteiger partial charge in [-0.25, -0.2) is 13.1 Å². The molecule has 1 fully saturated rings. The molecule has 0 radical (unpaired) electrons. The van der Waals surface area contributed by atoms with Crippen molar-refractivity contribution in [2.75, 3.05) is 0 Å². The van der Waals surface area contributed by atoms with E-state index in [0.717, 1.165) is 24.2 Å². The molecule has 0 saturated heterocycles. The molecule has 0 bridgehead atoms. The molecule has 5 nitrogen and oxygen atoms in total. The molecule has 0 amide bonds. The summed E-state index contributed by atoms with van der Waals surface area (Å²) >= 11 is 12.6. The molecular formula is C11H13Cl2NO4S2. The van der Waals surface area contributed by atoms with Gasteiger partial charge in [-0.3, -0.25) is 4.79 Å². The lowest BCUT2D eigenvalue weighted by Gasteiger charge is -2.28. The molecular weight excluding hydrogens is 345 g/mol. The van der Waals surface area contributed by atoms with Gasteiger partial charge in [-0.2, -0.15) is 0 Å². The molecule has 1 heterocycles. The average molecular weight is 358 g/mol. The van der Waals surface area contributed by atoms with Crippen LogP contribution in [0.25, 0.3) is 0 Å². The van der Waals surface area contributed by atoms with Crippen molar-refractivity contribution in [1.82, 2.24) is 4.72 Å². The van der Waals surface area contributed by atoms with Crippen LogP contribution in [-0.4, -0.2) is 25.0 Å². The number of rotatable bonds is 5. The Kier molecular flexibility index (Phi) is 4.66. The summed E-state index contributed by atoms with van der Waals surface area (Å²) in [6.07, 6.45) is 2.38. The van der Waals surface area contributed by atoms with Gasteiger partial charge in [-0.15, -0.1) is 11.3 Å². The largest absolute Gasteiger partial charge is 0.481 e. The zero-order valence-corrected chi connectivity index (χ0v) is 13.5. The Morgan fingerprint density at radius 2 is 2.00 bits per heavy atom. The summed E-state index contributed by atoms with van der Waals surface area (Å²) in [5.41, 5.74) is -0.928. The Labute approximate surface area is 130 Å². The van der Waals surface area contributed by atoms with Crippen molar-refractivity contribution in [1.29, 1.82) is 0 Å². The Morgan fingerprint density at radius 1 is 1.40 bits per heavy atom. The summed E-state index contributed by atoms with van der Waals surface area (Å²) in [7, 11) is -3.88. The third-order valence-electron chi connectivity index (χ3n) is 3.32. The first kappa shape index (κ1) is 16.0. The van der Waals surface area contributed by atoms with Gasteiger partial charge in [-0.1, -0.05) is 36.0 Å². The number of sulfonamides is 1. The van der Waals surface area contributed by atoms with Crippen molar-refractivity contribution >= 4 is 50.5 Å². The van der Waals surface area contributed by atoms with E-state index in [9.17, 15) is 13.2 Å². The van der Waals surface area contributed by atoms with Crippen LogP contribution in [0, 0.1) is 0 Å². The minimum Gasteiger partial charge on any atom is -0.481 e. The lowest BCUT2D eigenvalue weighted by Crippen LogP contribution is -2.47. The quantitative estimate of drug-likeness (QED) is 0.847. The predicted octanol–water partition coefficient (Wildman–Crippen LogP) is 3.12. The second-order valence-electron chi connectivity index (χ2n) is 4.85. The molecule has 9 heteroatoms.